The van der Waals surface area contributed by atoms with Gasteiger partial charge in [0.25, 0.3) is 0 Å². The number of fused-ring (bicyclic) bond motifs is 3. The molecule has 0 saturated carbocycles. The summed E-state index contributed by atoms with van der Waals surface area (Å²) >= 11 is 6.31. The lowest BCUT2D eigenvalue weighted by molar-refractivity contribution is -0.141. The minimum Gasteiger partial charge on any atom is -0.341 e. The summed E-state index contributed by atoms with van der Waals surface area (Å²) in [6, 6.07) is 6.42. The molecule has 3 aromatic rings. The molecule has 2 aromatic heterocycles. The summed E-state index contributed by atoms with van der Waals surface area (Å²) in [5.74, 6) is 1.86. The number of nitrogens with zero attached hydrogens (tertiary/aromatic N) is 7. The van der Waals surface area contributed by atoms with Gasteiger partial charge in [-0.25, -0.2) is 18.4 Å². The molecule has 6 rings (SSSR count). The van der Waals surface area contributed by atoms with Crippen molar-refractivity contribution >= 4 is 27.4 Å². The molecule has 196 valence electrons. The lowest BCUT2D eigenvalue weighted by Crippen LogP contribution is -2.52. The van der Waals surface area contributed by atoms with Crippen LogP contribution in [0.4, 0.5) is 19.1 Å². The summed E-state index contributed by atoms with van der Waals surface area (Å²) in [4.78, 5) is 11.6. The highest BCUT2D eigenvalue weighted by Crippen LogP contribution is 2.36. The number of aromatic nitrogens is 5. The maximum atomic E-state index is 13.1. The number of rotatable bonds is 3. The van der Waals surface area contributed by atoms with Crippen LogP contribution in [0.15, 0.2) is 30.5 Å². The van der Waals surface area contributed by atoms with E-state index < -0.39 is 21.7 Å². The number of halogens is 4. The van der Waals surface area contributed by atoms with Crippen LogP contribution in [-0.4, -0.2) is 68.7 Å². The Balaban J connectivity index is 1.26. The zero-order valence-electron chi connectivity index (χ0n) is 19.6. The predicted octanol–water partition coefficient (Wildman–Crippen LogP) is 3.23. The highest BCUT2D eigenvalue weighted by molar-refractivity contribution is 7.92. The summed E-state index contributed by atoms with van der Waals surface area (Å²) in [6.07, 6.45) is -2.10. The van der Waals surface area contributed by atoms with E-state index in [1.54, 1.807) is 4.90 Å². The van der Waals surface area contributed by atoms with E-state index in [4.69, 9.17) is 11.6 Å². The molecule has 2 saturated heterocycles. The largest absolute Gasteiger partial charge is 0.433 e. The van der Waals surface area contributed by atoms with Gasteiger partial charge < -0.3 is 4.90 Å². The van der Waals surface area contributed by atoms with Crippen LogP contribution in [0.5, 0.6) is 0 Å². The number of piperidine rings is 1. The monoisotopic (exact) mass is 553 g/mol. The minimum absolute atomic E-state index is 0.0301. The quantitative estimate of drug-likeness (QED) is 0.488. The van der Waals surface area contributed by atoms with Crippen LogP contribution in [-0.2, 0) is 29.1 Å². The Kier molecular flexibility index (Phi) is 5.92. The molecule has 0 unspecified atom stereocenters. The SMILES string of the molecule is O=S1(=O)CC(N2Cc3cc(Cl)ccc3-n3c(nnc3C3CCN(c4nccc(C(F)(F)F)n4)CC3)C2)C1. The van der Waals surface area contributed by atoms with Gasteiger partial charge in [-0.3, -0.25) is 9.47 Å². The fourth-order valence-electron chi connectivity index (χ4n) is 5.32. The van der Waals surface area contributed by atoms with Crippen molar-refractivity contribution in [3.05, 3.63) is 58.4 Å². The van der Waals surface area contributed by atoms with E-state index >= 15 is 0 Å². The Bertz CT molecular complexity index is 1440. The van der Waals surface area contributed by atoms with Gasteiger partial charge in [0.15, 0.2) is 15.7 Å². The van der Waals surface area contributed by atoms with Crippen molar-refractivity contribution in [1.82, 2.24) is 29.6 Å². The topological polar surface area (TPSA) is 97.1 Å². The van der Waals surface area contributed by atoms with E-state index in [9.17, 15) is 21.6 Å². The van der Waals surface area contributed by atoms with Crippen LogP contribution in [0.25, 0.3) is 5.69 Å². The van der Waals surface area contributed by atoms with Crippen molar-refractivity contribution in [3.63, 3.8) is 0 Å². The van der Waals surface area contributed by atoms with Crippen LogP contribution >= 0.6 is 11.6 Å². The first-order valence-corrected chi connectivity index (χ1v) is 14.1. The lowest BCUT2D eigenvalue weighted by atomic mass is 9.95. The van der Waals surface area contributed by atoms with Crippen molar-refractivity contribution in [1.29, 1.82) is 0 Å². The fourth-order valence-corrected chi connectivity index (χ4v) is 7.01. The minimum atomic E-state index is -4.52. The molecule has 5 heterocycles. The number of alkyl halides is 3. The first-order chi connectivity index (χ1) is 17.6. The number of anilines is 1. The van der Waals surface area contributed by atoms with Gasteiger partial charge in [0.2, 0.25) is 5.95 Å². The second-order valence-electron chi connectivity index (χ2n) is 9.72. The molecule has 3 aliphatic heterocycles. The molecule has 14 heteroatoms. The van der Waals surface area contributed by atoms with Crippen molar-refractivity contribution < 1.29 is 21.6 Å². The highest BCUT2D eigenvalue weighted by Gasteiger charge is 2.40. The first kappa shape index (κ1) is 24.6. The Morgan fingerprint density at radius 1 is 1.03 bits per heavy atom. The molecule has 0 amide bonds. The van der Waals surface area contributed by atoms with Gasteiger partial charge in [-0.05, 0) is 42.7 Å². The number of hydrogen-bond acceptors (Lipinski definition) is 8. The van der Waals surface area contributed by atoms with Crippen LogP contribution in [0.1, 0.15) is 41.7 Å². The third-order valence-corrected chi connectivity index (χ3v) is 9.26. The predicted molar refractivity (Wildman–Crippen MR) is 129 cm³/mol. The summed E-state index contributed by atoms with van der Waals surface area (Å²) in [5.41, 5.74) is 0.917. The molecule has 0 radical (unpaired) electrons. The lowest BCUT2D eigenvalue weighted by Gasteiger charge is -2.35. The van der Waals surface area contributed by atoms with Crippen LogP contribution < -0.4 is 4.90 Å². The summed E-state index contributed by atoms with van der Waals surface area (Å²) in [7, 11) is -2.99. The Hall–Kier alpha value is -2.77. The van der Waals surface area contributed by atoms with Gasteiger partial charge in [-0.15, -0.1) is 10.2 Å². The molecule has 1 aromatic carbocycles. The zero-order chi connectivity index (χ0) is 25.9. The van der Waals surface area contributed by atoms with Crippen molar-refractivity contribution in [2.45, 2.75) is 44.1 Å². The molecule has 0 N–H and O–H groups in total. The van der Waals surface area contributed by atoms with E-state index in [1.807, 2.05) is 22.8 Å². The van der Waals surface area contributed by atoms with Crippen molar-refractivity contribution in [2.24, 2.45) is 0 Å². The maximum Gasteiger partial charge on any atom is 0.433 e. The van der Waals surface area contributed by atoms with Crippen LogP contribution in [0.2, 0.25) is 5.02 Å². The van der Waals surface area contributed by atoms with E-state index in [0.717, 1.165) is 35.2 Å². The van der Waals surface area contributed by atoms with Gasteiger partial charge in [0, 0.05) is 42.8 Å². The molecule has 9 nitrogen and oxygen atoms in total. The average molecular weight is 554 g/mol. The third-order valence-electron chi connectivity index (χ3n) is 7.24. The van der Waals surface area contributed by atoms with Gasteiger partial charge in [-0.1, -0.05) is 11.6 Å². The van der Waals surface area contributed by atoms with Crippen LogP contribution in [0, 0.1) is 0 Å². The second-order valence-corrected chi connectivity index (χ2v) is 12.3. The van der Waals surface area contributed by atoms with E-state index in [0.29, 0.717) is 44.0 Å². The number of hydrogen-bond donors (Lipinski definition) is 0. The number of sulfone groups is 1. The molecule has 2 fully saturated rings. The van der Waals surface area contributed by atoms with Gasteiger partial charge in [-0.2, -0.15) is 13.2 Å². The van der Waals surface area contributed by atoms with E-state index in [-0.39, 0.29) is 29.4 Å². The summed E-state index contributed by atoms with van der Waals surface area (Å²) < 4.78 is 65.0. The van der Waals surface area contributed by atoms with E-state index in [1.165, 1.54) is 0 Å². The first-order valence-electron chi connectivity index (χ1n) is 11.9. The van der Waals surface area contributed by atoms with Gasteiger partial charge >= 0.3 is 6.18 Å². The Morgan fingerprint density at radius 2 is 1.78 bits per heavy atom. The number of benzene rings is 1. The molecule has 0 spiro atoms. The normalized spacial score (nSPS) is 20.7. The molecular formula is C23H23ClF3N7O2S. The van der Waals surface area contributed by atoms with E-state index in [2.05, 4.69) is 25.1 Å². The maximum absolute atomic E-state index is 13.1. The van der Waals surface area contributed by atoms with Gasteiger partial charge in [0.1, 0.15) is 11.5 Å². The highest BCUT2D eigenvalue weighted by atomic mass is 35.5. The Morgan fingerprint density at radius 3 is 2.49 bits per heavy atom. The Labute approximate surface area is 216 Å². The van der Waals surface area contributed by atoms with Crippen LogP contribution in [0.3, 0.4) is 0 Å². The smallest absolute Gasteiger partial charge is 0.341 e. The molecule has 0 aliphatic carbocycles. The molecule has 0 bridgehead atoms. The average Bonchev–Trinajstić information content (AvgIpc) is 3.18. The molecular weight excluding hydrogens is 531 g/mol. The van der Waals surface area contributed by atoms with Crippen molar-refractivity contribution in [2.75, 3.05) is 29.5 Å². The summed E-state index contributed by atoms with van der Waals surface area (Å²) in [6.45, 7) is 1.96. The zero-order valence-corrected chi connectivity index (χ0v) is 21.1. The fraction of sp³-hybridized carbons (Fsp3) is 0.478. The molecule has 3 aliphatic rings. The van der Waals surface area contributed by atoms with Crippen molar-refractivity contribution in [3.8, 4) is 5.69 Å². The van der Waals surface area contributed by atoms with Gasteiger partial charge in [0.05, 0.1) is 23.7 Å². The molecule has 37 heavy (non-hydrogen) atoms. The second kappa shape index (κ2) is 8.91. The summed E-state index contributed by atoms with van der Waals surface area (Å²) in [5, 5.41) is 9.60. The standard InChI is InChI=1S/C23H23ClF3N7O2S/c24-16-1-2-18-15(9-16)10-33(17-12-37(35,36)13-17)11-20-30-31-21(34(18)20)14-4-7-32(8-5-14)22-28-6-3-19(29-22)23(25,26)27/h1-3,6,9,14,17H,4-5,7-8,10-13H2. The molecule has 0 atom stereocenters. The third kappa shape index (κ3) is 4.68.